The first-order chi connectivity index (χ1) is 7.59. The molecular formula is C11H13N3O2. The third-order valence-electron chi connectivity index (χ3n) is 2.57. The fourth-order valence-electron chi connectivity index (χ4n) is 1.75. The maximum absolute atomic E-state index is 10.7. The Balaban J connectivity index is 2.42. The van der Waals surface area contributed by atoms with Gasteiger partial charge < -0.3 is 15.2 Å². The minimum atomic E-state index is -1.00. The molecule has 3 N–H and O–H groups in total. The zero-order valence-electron chi connectivity index (χ0n) is 8.92. The number of imidazole rings is 1. The Hall–Kier alpha value is -1.88. The number of carboxylic acids is 1. The highest BCUT2D eigenvalue weighted by molar-refractivity contribution is 5.74. The van der Waals surface area contributed by atoms with E-state index in [0.717, 1.165) is 16.8 Å². The van der Waals surface area contributed by atoms with Gasteiger partial charge in [0.05, 0.1) is 17.5 Å². The van der Waals surface area contributed by atoms with Crippen molar-refractivity contribution < 1.29 is 9.90 Å². The van der Waals surface area contributed by atoms with Crippen LogP contribution in [0.2, 0.25) is 0 Å². The number of carboxylic acid groups (broad SMARTS) is 1. The Morgan fingerprint density at radius 2 is 2.44 bits per heavy atom. The average molecular weight is 219 g/mol. The molecule has 2 aromatic heterocycles. The largest absolute Gasteiger partial charge is 0.480 e. The minimum Gasteiger partial charge on any atom is -0.480 e. The molecule has 2 heterocycles. The molecule has 0 saturated heterocycles. The maximum atomic E-state index is 10.7. The number of carbonyl (C=O) groups is 1. The number of nitrogens with two attached hydrogens (primary N) is 1. The summed E-state index contributed by atoms with van der Waals surface area (Å²) in [5.41, 5.74) is 8.24. The van der Waals surface area contributed by atoms with E-state index in [1.165, 1.54) is 0 Å². The standard InChI is InChI=1S/C11H13N3O2/c1-7-3-2-4-14-6-13-9(10(7)14)5-8(12)11(15)16/h2-4,6,8H,5,12H2,1H3,(H,15,16). The van der Waals surface area contributed by atoms with E-state index in [1.807, 2.05) is 29.7 Å². The van der Waals surface area contributed by atoms with Gasteiger partial charge in [-0.15, -0.1) is 0 Å². The fourth-order valence-corrected chi connectivity index (χ4v) is 1.75. The first-order valence-corrected chi connectivity index (χ1v) is 4.99. The highest BCUT2D eigenvalue weighted by Crippen LogP contribution is 2.15. The molecule has 0 spiro atoms. The number of aliphatic carboxylic acids is 1. The Kier molecular flexibility index (Phi) is 2.62. The third kappa shape index (κ3) is 1.77. The van der Waals surface area contributed by atoms with Gasteiger partial charge in [0.15, 0.2) is 0 Å². The number of hydrogen-bond donors (Lipinski definition) is 2. The van der Waals surface area contributed by atoms with E-state index in [2.05, 4.69) is 4.98 Å². The van der Waals surface area contributed by atoms with E-state index in [0.29, 0.717) is 0 Å². The van der Waals surface area contributed by atoms with Gasteiger partial charge in [-0.05, 0) is 18.6 Å². The van der Waals surface area contributed by atoms with Gasteiger partial charge in [0, 0.05) is 12.6 Å². The van der Waals surface area contributed by atoms with Crippen LogP contribution in [0.5, 0.6) is 0 Å². The molecule has 2 aromatic rings. The summed E-state index contributed by atoms with van der Waals surface area (Å²) in [7, 11) is 0. The van der Waals surface area contributed by atoms with Crippen LogP contribution in [-0.2, 0) is 11.2 Å². The Morgan fingerprint density at radius 1 is 1.69 bits per heavy atom. The van der Waals surface area contributed by atoms with Crippen LogP contribution in [0, 0.1) is 6.92 Å². The summed E-state index contributed by atoms with van der Waals surface area (Å²) in [5, 5.41) is 8.76. The van der Waals surface area contributed by atoms with E-state index >= 15 is 0 Å². The zero-order chi connectivity index (χ0) is 11.7. The minimum absolute atomic E-state index is 0.247. The van der Waals surface area contributed by atoms with Crippen molar-refractivity contribution in [3.8, 4) is 0 Å². The van der Waals surface area contributed by atoms with Gasteiger partial charge in [0.25, 0.3) is 0 Å². The van der Waals surface area contributed by atoms with Crippen LogP contribution < -0.4 is 5.73 Å². The lowest BCUT2D eigenvalue weighted by molar-refractivity contribution is -0.138. The van der Waals surface area contributed by atoms with Crippen LogP contribution in [0.15, 0.2) is 24.7 Å². The second-order valence-corrected chi connectivity index (χ2v) is 3.79. The topological polar surface area (TPSA) is 80.6 Å². The summed E-state index contributed by atoms with van der Waals surface area (Å²) < 4.78 is 1.87. The molecule has 0 saturated carbocycles. The zero-order valence-corrected chi connectivity index (χ0v) is 8.92. The first-order valence-electron chi connectivity index (χ1n) is 4.99. The maximum Gasteiger partial charge on any atom is 0.320 e. The normalized spacial score (nSPS) is 12.9. The number of hydrogen-bond acceptors (Lipinski definition) is 3. The number of fused-ring (bicyclic) bond motifs is 1. The number of aromatic nitrogens is 2. The average Bonchev–Trinajstić information content (AvgIpc) is 2.63. The molecule has 0 fully saturated rings. The highest BCUT2D eigenvalue weighted by atomic mass is 16.4. The monoisotopic (exact) mass is 219 g/mol. The molecular weight excluding hydrogens is 206 g/mol. The molecule has 0 bridgehead atoms. The molecule has 16 heavy (non-hydrogen) atoms. The molecule has 0 amide bonds. The van der Waals surface area contributed by atoms with Gasteiger partial charge in [0.1, 0.15) is 6.04 Å². The highest BCUT2D eigenvalue weighted by Gasteiger charge is 2.16. The summed E-state index contributed by atoms with van der Waals surface area (Å²) in [4.78, 5) is 14.9. The summed E-state index contributed by atoms with van der Waals surface area (Å²) in [6.07, 6.45) is 3.80. The molecule has 0 aliphatic heterocycles. The molecule has 2 rings (SSSR count). The van der Waals surface area contributed by atoms with Gasteiger partial charge in [0.2, 0.25) is 0 Å². The fraction of sp³-hybridized carbons (Fsp3) is 0.273. The van der Waals surface area contributed by atoms with Gasteiger partial charge in [-0.3, -0.25) is 4.79 Å². The quantitative estimate of drug-likeness (QED) is 0.792. The van der Waals surface area contributed by atoms with Crippen LogP contribution in [0.25, 0.3) is 5.52 Å². The summed E-state index contributed by atoms with van der Waals surface area (Å²) in [6.45, 7) is 1.97. The lowest BCUT2D eigenvalue weighted by Gasteiger charge is -2.05. The van der Waals surface area contributed by atoms with Crippen LogP contribution >= 0.6 is 0 Å². The molecule has 5 heteroatoms. The van der Waals surface area contributed by atoms with Crippen LogP contribution in [0.1, 0.15) is 11.3 Å². The SMILES string of the molecule is Cc1cccn2cnc(CC(N)C(=O)O)c12. The van der Waals surface area contributed by atoms with Crippen LogP contribution in [0.3, 0.4) is 0 Å². The van der Waals surface area contributed by atoms with E-state index < -0.39 is 12.0 Å². The van der Waals surface area contributed by atoms with E-state index in [1.54, 1.807) is 6.33 Å². The second-order valence-electron chi connectivity index (χ2n) is 3.79. The molecule has 1 unspecified atom stereocenters. The van der Waals surface area contributed by atoms with Gasteiger partial charge in [-0.1, -0.05) is 6.07 Å². The van der Waals surface area contributed by atoms with Crippen LogP contribution in [-0.4, -0.2) is 26.5 Å². The molecule has 5 nitrogen and oxygen atoms in total. The Morgan fingerprint density at radius 3 is 3.12 bits per heavy atom. The summed E-state index contributed by atoms with van der Waals surface area (Å²) in [6, 6.07) is 2.98. The lowest BCUT2D eigenvalue weighted by atomic mass is 10.1. The predicted octanol–water partition coefficient (Wildman–Crippen LogP) is 0.597. The Labute approximate surface area is 92.5 Å². The Bertz CT molecular complexity index is 533. The smallest absolute Gasteiger partial charge is 0.320 e. The third-order valence-corrected chi connectivity index (χ3v) is 2.57. The van der Waals surface area contributed by atoms with Gasteiger partial charge in [-0.2, -0.15) is 0 Å². The molecule has 0 aliphatic carbocycles. The molecule has 0 aromatic carbocycles. The molecule has 84 valence electrons. The molecule has 0 radical (unpaired) electrons. The first kappa shape index (κ1) is 10.6. The van der Waals surface area contributed by atoms with Gasteiger partial charge in [-0.25, -0.2) is 4.98 Å². The van der Waals surface area contributed by atoms with E-state index in [-0.39, 0.29) is 6.42 Å². The number of nitrogens with zero attached hydrogens (tertiary/aromatic N) is 2. The number of aryl methyl sites for hydroxylation is 1. The van der Waals surface area contributed by atoms with Crippen molar-refractivity contribution in [3.05, 3.63) is 35.9 Å². The molecule has 0 aliphatic rings. The number of pyridine rings is 1. The van der Waals surface area contributed by atoms with Crippen molar-refractivity contribution in [3.63, 3.8) is 0 Å². The van der Waals surface area contributed by atoms with E-state index in [9.17, 15) is 4.79 Å². The summed E-state index contributed by atoms with van der Waals surface area (Å²) in [5.74, 6) is -1.00. The number of rotatable bonds is 3. The van der Waals surface area contributed by atoms with Crippen molar-refractivity contribution in [2.75, 3.05) is 0 Å². The second kappa shape index (κ2) is 3.94. The van der Waals surface area contributed by atoms with E-state index in [4.69, 9.17) is 10.8 Å². The lowest BCUT2D eigenvalue weighted by Crippen LogP contribution is -2.32. The van der Waals surface area contributed by atoms with Gasteiger partial charge >= 0.3 is 5.97 Å². The van der Waals surface area contributed by atoms with Crippen molar-refractivity contribution in [1.82, 2.24) is 9.38 Å². The predicted molar refractivity (Wildman–Crippen MR) is 59.2 cm³/mol. The van der Waals surface area contributed by atoms with Crippen LogP contribution in [0.4, 0.5) is 0 Å². The van der Waals surface area contributed by atoms with Crippen molar-refractivity contribution in [2.45, 2.75) is 19.4 Å². The molecule has 1 atom stereocenters. The van der Waals surface area contributed by atoms with Crippen molar-refractivity contribution in [2.24, 2.45) is 5.73 Å². The summed E-state index contributed by atoms with van der Waals surface area (Å²) >= 11 is 0. The van der Waals surface area contributed by atoms with Crippen molar-refractivity contribution >= 4 is 11.5 Å². The van der Waals surface area contributed by atoms with Crippen molar-refractivity contribution in [1.29, 1.82) is 0 Å².